The van der Waals surface area contributed by atoms with Gasteiger partial charge in [0, 0.05) is 25.0 Å². The molecule has 2 saturated carbocycles. The van der Waals surface area contributed by atoms with E-state index in [2.05, 4.69) is 30.7 Å². The number of sulfonamides is 1. The highest BCUT2D eigenvalue weighted by Crippen LogP contribution is 2.29. The Kier molecular flexibility index (Phi) is 8.90. The first-order chi connectivity index (χ1) is 16.4. The molecule has 0 bridgehead atoms. The minimum atomic E-state index is -3.65. The maximum Gasteiger partial charge on any atom is 0.242 e. The van der Waals surface area contributed by atoms with Crippen LogP contribution in [0, 0.1) is 11.8 Å². The molecule has 0 saturated heterocycles. The summed E-state index contributed by atoms with van der Waals surface area (Å²) in [6.45, 7) is 2.15. The zero-order valence-corrected chi connectivity index (χ0v) is 21.7. The molecule has 2 aromatic rings. The Morgan fingerprint density at radius 3 is 2.62 bits per heavy atom. The average Bonchev–Trinajstić information content (AvgIpc) is 3.35. The SMILES string of the molecule is CN(CCCNC(=O)C1CCC(CNS(=O)(=O)c2cccc3nsnc23)CC1)C1CCCCC1. The number of fused-ring (bicyclic) bond motifs is 1. The van der Waals surface area contributed by atoms with Gasteiger partial charge in [-0.3, -0.25) is 4.79 Å². The first-order valence-electron chi connectivity index (χ1n) is 12.6. The molecule has 188 valence electrons. The number of hydrogen-bond acceptors (Lipinski definition) is 7. The smallest absolute Gasteiger partial charge is 0.242 e. The number of nitrogens with one attached hydrogen (secondary N) is 2. The van der Waals surface area contributed by atoms with E-state index in [1.54, 1.807) is 18.2 Å². The van der Waals surface area contributed by atoms with E-state index in [-0.39, 0.29) is 22.6 Å². The second-order valence-corrected chi connectivity index (χ2v) is 12.1. The maximum absolute atomic E-state index is 12.8. The van der Waals surface area contributed by atoms with Crippen LogP contribution >= 0.6 is 11.7 Å². The van der Waals surface area contributed by atoms with Crippen LogP contribution in [0.5, 0.6) is 0 Å². The van der Waals surface area contributed by atoms with Gasteiger partial charge in [0.2, 0.25) is 15.9 Å². The van der Waals surface area contributed by atoms with Gasteiger partial charge in [0.05, 0.1) is 11.7 Å². The maximum atomic E-state index is 12.8. The van der Waals surface area contributed by atoms with Gasteiger partial charge >= 0.3 is 0 Å². The highest BCUT2D eigenvalue weighted by atomic mass is 32.2. The third-order valence-corrected chi connectivity index (χ3v) is 9.50. The van der Waals surface area contributed by atoms with Crippen molar-refractivity contribution in [2.45, 2.75) is 75.1 Å². The summed E-state index contributed by atoms with van der Waals surface area (Å²) in [6, 6.07) is 5.73. The van der Waals surface area contributed by atoms with Gasteiger partial charge in [-0.15, -0.1) is 0 Å². The molecule has 0 atom stereocenters. The molecular formula is C24H37N5O3S2. The molecule has 0 radical (unpaired) electrons. The minimum absolute atomic E-state index is 0.0405. The number of rotatable bonds is 10. The summed E-state index contributed by atoms with van der Waals surface area (Å²) in [5, 5.41) is 3.13. The molecule has 2 aliphatic carbocycles. The van der Waals surface area contributed by atoms with Crippen LogP contribution in [0.25, 0.3) is 11.0 Å². The van der Waals surface area contributed by atoms with Crippen LogP contribution in [-0.4, -0.2) is 60.7 Å². The Bertz CT molecular complexity index is 1040. The van der Waals surface area contributed by atoms with E-state index >= 15 is 0 Å². The molecule has 0 aliphatic heterocycles. The van der Waals surface area contributed by atoms with Crippen molar-refractivity contribution in [2.75, 3.05) is 26.7 Å². The van der Waals surface area contributed by atoms with Crippen molar-refractivity contribution >= 4 is 38.7 Å². The molecule has 0 spiro atoms. The van der Waals surface area contributed by atoms with Gasteiger partial charge in [-0.05, 0) is 76.6 Å². The summed E-state index contributed by atoms with van der Waals surface area (Å²) in [6.07, 6.45) is 11.0. The first kappa shape index (κ1) is 25.5. The lowest BCUT2D eigenvalue weighted by Gasteiger charge is -2.31. The monoisotopic (exact) mass is 507 g/mol. The Labute approximate surface area is 207 Å². The third kappa shape index (κ3) is 6.53. The van der Waals surface area contributed by atoms with Crippen molar-refractivity contribution in [3.63, 3.8) is 0 Å². The Hall–Kier alpha value is -1.62. The van der Waals surface area contributed by atoms with Gasteiger partial charge in [-0.2, -0.15) is 8.75 Å². The van der Waals surface area contributed by atoms with E-state index in [1.807, 2.05) is 0 Å². The number of carbonyl (C=O) groups is 1. The van der Waals surface area contributed by atoms with E-state index in [1.165, 1.54) is 32.1 Å². The summed E-state index contributed by atoms with van der Waals surface area (Å²) in [7, 11) is -1.44. The summed E-state index contributed by atoms with van der Waals surface area (Å²) in [4.78, 5) is 15.2. The summed E-state index contributed by atoms with van der Waals surface area (Å²) < 4.78 is 36.6. The molecule has 2 fully saturated rings. The van der Waals surface area contributed by atoms with Crippen molar-refractivity contribution in [1.82, 2.24) is 23.7 Å². The van der Waals surface area contributed by atoms with E-state index in [9.17, 15) is 13.2 Å². The van der Waals surface area contributed by atoms with Gasteiger partial charge in [-0.1, -0.05) is 25.3 Å². The average molecular weight is 508 g/mol. The molecule has 1 heterocycles. The van der Waals surface area contributed by atoms with Crippen molar-refractivity contribution in [2.24, 2.45) is 11.8 Å². The molecule has 2 aliphatic rings. The lowest BCUT2D eigenvalue weighted by atomic mass is 9.81. The Morgan fingerprint density at radius 2 is 1.85 bits per heavy atom. The van der Waals surface area contributed by atoms with Crippen LogP contribution in [0.3, 0.4) is 0 Å². The second kappa shape index (κ2) is 11.9. The lowest BCUT2D eigenvalue weighted by molar-refractivity contribution is -0.126. The predicted octanol–water partition coefficient (Wildman–Crippen LogP) is 3.55. The quantitative estimate of drug-likeness (QED) is 0.477. The standard InChI is InChI=1S/C24H37N5O3S2/c1-29(20-7-3-2-4-8-20)16-6-15-25-24(30)19-13-11-18(12-14-19)17-26-34(31,32)22-10-5-9-21-23(22)28-33-27-21/h5,9-10,18-20,26H,2-4,6-8,11-17H2,1H3,(H,25,30). The van der Waals surface area contributed by atoms with Crippen LogP contribution < -0.4 is 10.0 Å². The van der Waals surface area contributed by atoms with Crippen molar-refractivity contribution < 1.29 is 13.2 Å². The third-order valence-electron chi connectivity index (χ3n) is 7.50. The van der Waals surface area contributed by atoms with Gasteiger partial charge < -0.3 is 10.2 Å². The highest BCUT2D eigenvalue weighted by Gasteiger charge is 2.28. The fourth-order valence-corrected chi connectivity index (χ4v) is 7.20. The van der Waals surface area contributed by atoms with E-state index in [0.29, 0.717) is 23.6 Å². The summed E-state index contributed by atoms with van der Waals surface area (Å²) in [5.74, 6) is 0.441. The number of hydrogen-bond donors (Lipinski definition) is 2. The van der Waals surface area contributed by atoms with Crippen LogP contribution in [-0.2, 0) is 14.8 Å². The molecule has 1 aromatic heterocycles. The van der Waals surface area contributed by atoms with Gasteiger partial charge in [0.1, 0.15) is 15.9 Å². The fraction of sp³-hybridized carbons (Fsp3) is 0.708. The minimum Gasteiger partial charge on any atom is -0.356 e. The van der Waals surface area contributed by atoms with Crippen LogP contribution in [0.2, 0.25) is 0 Å². The summed E-state index contributed by atoms with van der Waals surface area (Å²) >= 11 is 1.01. The van der Waals surface area contributed by atoms with Crippen LogP contribution in [0.4, 0.5) is 0 Å². The predicted molar refractivity (Wildman–Crippen MR) is 135 cm³/mol. The highest BCUT2D eigenvalue weighted by molar-refractivity contribution is 7.89. The fourth-order valence-electron chi connectivity index (χ4n) is 5.32. The molecule has 2 N–H and O–H groups in total. The molecule has 1 aromatic carbocycles. The number of nitrogens with zero attached hydrogens (tertiary/aromatic N) is 3. The van der Waals surface area contributed by atoms with Gasteiger partial charge in [0.25, 0.3) is 0 Å². The Morgan fingerprint density at radius 1 is 1.09 bits per heavy atom. The van der Waals surface area contributed by atoms with Crippen LogP contribution in [0.15, 0.2) is 23.1 Å². The molecule has 10 heteroatoms. The molecule has 8 nitrogen and oxygen atoms in total. The summed E-state index contributed by atoms with van der Waals surface area (Å²) in [5.41, 5.74) is 1.02. The van der Waals surface area contributed by atoms with E-state index < -0.39 is 10.0 Å². The number of amides is 1. The van der Waals surface area contributed by atoms with E-state index in [4.69, 9.17) is 0 Å². The zero-order valence-electron chi connectivity index (χ0n) is 20.0. The van der Waals surface area contributed by atoms with Gasteiger partial charge in [0.15, 0.2) is 0 Å². The van der Waals surface area contributed by atoms with Gasteiger partial charge in [-0.25, -0.2) is 13.1 Å². The largest absolute Gasteiger partial charge is 0.356 e. The molecule has 0 unspecified atom stereocenters. The van der Waals surface area contributed by atoms with Crippen molar-refractivity contribution in [1.29, 1.82) is 0 Å². The van der Waals surface area contributed by atoms with E-state index in [0.717, 1.165) is 56.9 Å². The number of carbonyl (C=O) groups excluding carboxylic acids is 1. The normalized spacial score (nSPS) is 22.3. The number of aromatic nitrogens is 2. The van der Waals surface area contributed by atoms with Crippen LogP contribution in [0.1, 0.15) is 64.2 Å². The lowest BCUT2D eigenvalue weighted by Crippen LogP contribution is -2.38. The molecular weight excluding hydrogens is 470 g/mol. The molecule has 1 amide bonds. The molecule has 4 rings (SSSR count). The zero-order chi connectivity index (χ0) is 24.0. The Balaban J connectivity index is 1.15. The van der Waals surface area contributed by atoms with Crippen molar-refractivity contribution in [3.05, 3.63) is 18.2 Å². The second-order valence-electron chi connectivity index (χ2n) is 9.87. The first-order valence-corrected chi connectivity index (χ1v) is 14.8. The topological polar surface area (TPSA) is 104 Å². The molecule has 34 heavy (non-hydrogen) atoms. The number of benzene rings is 1. The van der Waals surface area contributed by atoms with Crippen molar-refractivity contribution in [3.8, 4) is 0 Å².